The predicted octanol–water partition coefficient (Wildman–Crippen LogP) is 2.71. The minimum atomic E-state index is -0.688. The van der Waals surface area contributed by atoms with Gasteiger partial charge in [-0.15, -0.1) is 0 Å². The van der Waals surface area contributed by atoms with E-state index < -0.39 is 5.60 Å². The van der Waals surface area contributed by atoms with Gasteiger partial charge in [-0.1, -0.05) is 30.4 Å². The number of para-hydroxylation sites is 1. The number of hydrogen-bond acceptors (Lipinski definition) is 2. The fraction of sp³-hybridized carbons (Fsp3) is 0.429. The Morgan fingerprint density at radius 1 is 1.38 bits per heavy atom. The normalized spacial score (nSPS) is 24.4. The van der Waals surface area contributed by atoms with Crippen molar-refractivity contribution in [1.29, 1.82) is 0 Å². The Morgan fingerprint density at radius 3 is 2.88 bits per heavy atom. The zero-order valence-corrected chi connectivity index (χ0v) is 9.65. The van der Waals surface area contributed by atoms with E-state index in [-0.39, 0.29) is 0 Å². The van der Waals surface area contributed by atoms with Crippen LogP contribution in [-0.4, -0.2) is 17.8 Å². The molecule has 2 heteroatoms. The molecule has 1 aromatic rings. The molecule has 0 amide bonds. The Labute approximate surface area is 96.6 Å². The summed E-state index contributed by atoms with van der Waals surface area (Å²) in [5.41, 5.74) is 0.381. The number of aliphatic hydroxyl groups is 1. The highest BCUT2D eigenvalue weighted by Crippen LogP contribution is 2.29. The van der Waals surface area contributed by atoms with Gasteiger partial charge in [0.1, 0.15) is 5.75 Å². The van der Waals surface area contributed by atoms with Crippen molar-refractivity contribution in [2.24, 2.45) is 0 Å². The Balaban J connectivity index is 2.19. The lowest BCUT2D eigenvalue weighted by atomic mass is 9.85. The summed E-state index contributed by atoms with van der Waals surface area (Å²) < 4.78 is 5.30. The zero-order valence-electron chi connectivity index (χ0n) is 9.65. The van der Waals surface area contributed by atoms with Crippen LogP contribution in [0.15, 0.2) is 36.4 Å². The van der Waals surface area contributed by atoms with Gasteiger partial charge in [-0.05, 0) is 30.9 Å². The van der Waals surface area contributed by atoms with E-state index in [1.54, 1.807) is 7.11 Å². The fourth-order valence-electron chi connectivity index (χ4n) is 2.24. The Morgan fingerprint density at radius 2 is 2.19 bits per heavy atom. The van der Waals surface area contributed by atoms with Crippen molar-refractivity contribution in [3.05, 3.63) is 42.0 Å². The first-order chi connectivity index (χ1) is 7.73. The molecule has 0 radical (unpaired) electrons. The Hall–Kier alpha value is -1.28. The van der Waals surface area contributed by atoms with Gasteiger partial charge in [-0.25, -0.2) is 0 Å². The molecule has 0 heterocycles. The average Bonchev–Trinajstić information content (AvgIpc) is 2.30. The summed E-state index contributed by atoms with van der Waals surface area (Å²) >= 11 is 0. The van der Waals surface area contributed by atoms with Crippen LogP contribution in [0.2, 0.25) is 0 Å². The summed E-state index contributed by atoms with van der Waals surface area (Å²) in [6.45, 7) is 0. The van der Waals surface area contributed by atoms with Gasteiger partial charge in [0.15, 0.2) is 0 Å². The molecule has 1 aliphatic carbocycles. The first kappa shape index (κ1) is 11.2. The van der Waals surface area contributed by atoms with Crippen LogP contribution in [0.25, 0.3) is 0 Å². The largest absolute Gasteiger partial charge is 0.496 e. The number of methoxy groups -OCH3 is 1. The van der Waals surface area contributed by atoms with Crippen LogP contribution in [0.4, 0.5) is 0 Å². The topological polar surface area (TPSA) is 29.5 Å². The lowest BCUT2D eigenvalue weighted by molar-refractivity contribution is 0.0744. The zero-order chi connectivity index (χ0) is 11.4. The van der Waals surface area contributed by atoms with Gasteiger partial charge in [-0.2, -0.15) is 0 Å². The van der Waals surface area contributed by atoms with Crippen molar-refractivity contribution >= 4 is 0 Å². The van der Waals surface area contributed by atoms with Crippen LogP contribution in [0.5, 0.6) is 5.75 Å². The van der Waals surface area contributed by atoms with Crippen LogP contribution in [0.1, 0.15) is 24.8 Å². The molecule has 0 fully saturated rings. The summed E-state index contributed by atoms with van der Waals surface area (Å²) in [5, 5.41) is 10.4. The maximum atomic E-state index is 10.4. The van der Waals surface area contributed by atoms with Crippen molar-refractivity contribution in [3.8, 4) is 5.75 Å². The monoisotopic (exact) mass is 218 g/mol. The highest BCUT2D eigenvalue weighted by molar-refractivity contribution is 5.35. The molecule has 86 valence electrons. The van der Waals surface area contributed by atoms with Crippen LogP contribution in [0.3, 0.4) is 0 Å². The molecule has 1 atom stereocenters. The van der Waals surface area contributed by atoms with Crippen LogP contribution < -0.4 is 4.74 Å². The molecular formula is C14H18O2. The van der Waals surface area contributed by atoms with Gasteiger partial charge in [0.2, 0.25) is 0 Å². The van der Waals surface area contributed by atoms with Crippen molar-refractivity contribution < 1.29 is 9.84 Å². The van der Waals surface area contributed by atoms with Gasteiger partial charge >= 0.3 is 0 Å². The summed E-state index contributed by atoms with van der Waals surface area (Å²) in [6.07, 6.45) is 7.60. The molecule has 2 rings (SSSR count). The smallest absolute Gasteiger partial charge is 0.122 e. The lowest BCUT2D eigenvalue weighted by Crippen LogP contribution is -2.30. The number of ether oxygens (including phenoxy) is 1. The van der Waals surface area contributed by atoms with Crippen LogP contribution in [0, 0.1) is 0 Å². The second-order valence-electron chi connectivity index (χ2n) is 4.39. The van der Waals surface area contributed by atoms with Crippen molar-refractivity contribution in [2.45, 2.75) is 31.3 Å². The minimum absolute atomic E-state index is 0.632. The van der Waals surface area contributed by atoms with Gasteiger partial charge in [0, 0.05) is 6.42 Å². The van der Waals surface area contributed by atoms with Crippen molar-refractivity contribution in [2.75, 3.05) is 7.11 Å². The summed E-state index contributed by atoms with van der Waals surface area (Å²) in [4.78, 5) is 0. The molecule has 1 aromatic carbocycles. The lowest BCUT2D eigenvalue weighted by Gasteiger charge is -2.28. The molecule has 2 nitrogen and oxygen atoms in total. The summed E-state index contributed by atoms with van der Waals surface area (Å²) in [5.74, 6) is 0.856. The van der Waals surface area contributed by atoms with E-state index in [1.807, 2.05) is 30.3 Å². The molecule has 0 bridgehead atoms. The molecule has 1 N–H and O–H groups in total. The standard InChI is InChI=1S/C14H18O2/c1-16-13-8-4-3-7-12(13)11-14(15)9-5-2-6-10-14/h3-5,7-9,15H,2,6,10-11H2,1H3. The Kier molecular flexibility index (Phi) is 3.30. The molecule has 0 aliphatic heterocycles. The minimum Gasteiger partial charge on any atom is -0.496 e. The number of allylic oxidation sites excluding steroid dienone is 1. The molecule has 1 aliphatic rings. The molecule has 16 heavy (non-hydrogen) atoms. The number of benzene rings is 1. The third-order valence-corrected chi connectivity index (χ3v) is 3.10. The van der Waals surface area contributed by atoms with Crippen LogP contribution >= 0.6 is 0 Å². The van der Waals surface area contributed by atoms with E-state index in [4.69, 9.17) is 4.74 Å². The summed E-state index contributed by atoms with van der Waals surface area (Å²) in [7, 11) is 1.67. The third kappa shape index (κ3) is 2.45. The summed E-state index contributed by atoms with van der Waals surface area (Å²) in [6, 6.07) is 7.88. The molecule has 0 saturated carbocycles. The number of hydrogen-bond donors (Lipinski definition) is 1. The third-order valence-electron chi connectivity index (χ3n) is 3.10. The first-order valence-corrected chi connectivity index (χ1v) is 5.75. The van der Waals surface area contributed by atoms with E-state index in [9.17, 15) is 5.11 Å². The molecule has 1 unspecified atom stereocenters. The predicted molar refractivity (Wildman–Crippen MR) is 64.6 cm³/mol. The molecule has 0 aromatic heterocycles. The van der Waals surface area contributed by atoms with Gasteiger partial charge in [0.05, 0.1) is 12.7 Å². The van der Waals surface area contributed by atoms with Crippen LogP contribution in [-0.2, 0) is 6.42 Å². The SMILES string of the molecule is COc1ccccc1CC1(O)C=CCCC1. The maximum Gasteiger partial charge on any atom is 0.122 e. The fourth-order valence-corrected chi connectivity index (χ4v) is 2.24. The van der Waals surface area contributed by atoms with Gasteiger partial charge in [0.25, 0.3) is 0 Å². The van der Waals surface area contributed by atoms with E-state index in [0.717, 1.165) is 30.6 Å². The van der Waals surface area contributed by atoms with E-state index >= 15 is 0 Å². The van der Waals surface area contributed by atoms with E-state index in [0.29, 0.717) is 6.42 Å². The van der Waals surface area contributed by atoms with Crippen molar-refractivity contribution in [1.82, 2.24) is 0 Å². The van der Waals surface area contributed by atoms with E-state index in [2.05, 4.69) is 6.08 Å². The second kappa shape index (κ2) is 4.71. The molecule has 0 saturated heterocycles. The maximum absolute atomic E-state index is 10.4. The first-order valence-electron chi connectivity index (χ1n) is 5.75. The van der Waals surface area contributed by atoms with Gasteiger partial charge < -0.3 is 9.84 Å². The number of rotatable bonds is 3. The van der Waals surface area contributed by atoms with Gasteiger partial charge in [-0.3, -0.25) is 0 Å². The Bertz CT molecular complexity index is 384. The second-order valence-corrected chi connectivity index (χ2v) is 4.39. The van der Waals surface area contributed by atoms with Crippen molar-refractivity contribution in [3.63, 3.8) is 0 Å². The average molecular weight is 218 g/mol. The quantitative estimate of drug-likeness (QED) is 0.790. The highest BCUT2D eigenvalue weighted by atomic mass is 16.5. The highest BCUT2D eigenvalue weighted by Gasteiger charge is 2.26. The van der Waals surface area contributed by atoms with E-state index in [1.165, 1.54) is 0 Å². The molecule has 0 spiro atoms. The molecular weight excluding hydrogens is 200 g/mol.